The molecule has 8 nitrogen and oxygen atoms in total. The van der Waals surface area contributed by atoms with Gasteiger partial charge in [-0.15, -0.1) is 5.10 Å². The van der Waals surface area contributed by atoms with Crippen LogP contribution in [0.5, 0.6) is 0 Å². The zero-order valence-electron chi connectivity index (χ0n) is 10.2. The number of likely N-dealkylation sites (N-methyl/N-ethyl adjacent to an activating group) is 1. The van der Waals surface area contributed by atoms with Crippen molar-refractivity contribution >= 4 is 23.3 Å². The van der Waals surface area contributed by atoms with Crippen LogP contribution in [0.4, 0.5) is 11.6 Å². The molecule has 1 rings (SSSR count). The minimum absolute atomic E-state index is 0.198. The van der Waals surface area contributed by atoms with Crippen LogP contribution in [0.1, 0.15) is 10.4 Å². The summed E-state index contributed by atoms with van der Waals surface area (Å²) in [6, 6.07) is 0. The lowest BCUT2D eigenvalue weighted by Crippen LogP contribution is -2.28. The minimum Gasteiger partial charge on any atom is -0.371 e. The highest BCUT2D eigenvalue weighted by Gasteiger charge is 2.26. The molecule has 0 fully saturated rings. The van der Waals surface area contributed by atoms with E-state index >= 15 is 0 Å². The fourth-order valence-corrected chi connectivity index (χ4v) is 1.43. The van der Waals surface area contributed by atoms with Crippen molar-refractivity contribution in [2.45, 2.75) is 0 Å². The zero-order valence-corrected chi connectivity index (χ0v) is 10.2. The fraction of sp³-hybridized carbons (Fsp3) is 0.444. The summed E-state index contributed by atoms with van der Waals surface area (Å²) in [4.78, 5) is 24.6. The molecule has 17 heavy (non-hydrogen) atoms. The molecular formula is C9H16N6O2. The maximum Gasteiger partial charge on any atom is 0.292 e. The minimum atomic E-state index is -0.686. The molecule has 8 heteroatoms. The van der Waals surface area contributed by atoms with E-state index in [2.05, 4.69) is 26.5 Å². The Bertz CT molecular complexity index is 439. The number of rotatable bonds is 5. The standard InChI is InChI=1S/C9H16N6O2/c1-10-7-5(6(16)9(17)12-3)8(11-2)15(13-4)14-7/h11,13H,1-4H3,(H,10,14)(H,12,17). The average molecular weight is 240 g/mol. The SMILES string of the molecule is CNC(=O)C(=O)c1c(NC)nn(NC)c1NC. The van der Waals surface area contributed by atoms with Gasteiger partial charge in [0, 0.05) is 28.2 Å². The van der Waals surface area contributed by atoms with Crippen LogP contribution in [0.15, 0.2) is 0 Å². The molecule has 0 aliphatic rings. The second-order valence-electron chi connectivity index (χ2n) is 3.12. The second kappa shape index (κ2) is 5.19. The number of anilines is 2. The van der Waals surface area contributed by atoms with E-state index in [0.717, 1.165) is 0 Å². The molecule has 0 aliphatic heterocycles. The Balaban J connectivity index is 3.33. The first kappa shape index (κ1) is 12.8. The molecule has 0 saturated carbocycles. The van der Waals surface area contributed by atoms with Gasteiger partial charge in [0.2, 0.25) is 0 Å². The second-order valence-corrected chi connectivity index (χ2v) is 3.12. The van der Waals surface area contributed by atoms with Crippen molar-refractivity contribution < 1.29 is 9.59 Å². The van der Waals surface area contributed by atoms with Crippen molar-refractivity contribution in [3.8, 4) is 0 Å². The van der Waals surface area contributed by atoms with Gasteiger partial charge in [-0.3, -0.25) is 9.59 Å². The van der Waals surface area contributed by atoms with Crippen LogP contribution < -0.4 is 21.4 Å². The number of amides is 1. The molecule has 0 radical (unpaired) electrons. The summed E-state index contributed by atoms with van der Waals surface area (Å²) in [6.45, 7) is 0. The van der Waals surface area contributed by atoms with Crippen molar-refractivity contribution in [1.82, 2.24) is 15.2 Å². The van der Waals surface area contributed by atoms with Crippen LogP contribution in [0.25, 0.3) is 0 Å². The third-order valence-electron chi connectivity index (χ3n) is 2.23. The third-order valence-corrected chi connectivity index (χ3v) is 2.23. The topological polar surface area (TPSA) is 100 Å². The smallest absolute Gasteiger partial charge is 0.292 e. The number of Topliss-reactive ketones (excluding diaryl/α,β-unsaturated/α-hetero) is 1. The van der Waals surface area contributed by atoms with Crippen LogP contribution in [0, 0.1) is 0 Å². The van der Waals surface area contributed by atoms with Crippen molar-refractivity contribution in [1.29, 1.82) is 0 Å². The Morgan fingerprint density at radius 2 is 1.76 bits per heavy atom. The summed E-state index contributed by atoms with van der Waals surface area (Å²) in [6.07, 6.45) is 0. The lowest BCUT2D eigenvalue weighted by Gasteiger charge is -2.06. The molecule has 94 valence electrons. The highest BCUT2D eigenvalue weighted by atomic mass is 16.2. The van der Waals surface area contributed by atoms with Crippen molar-refractivity contribution in [3.05, 3.63) is 5.56 Å². The number of hydrogen-bond acceptors (Lipinski definition) is 6. The molecule has 1 aromatic heterocycles. The van der Waals surface area contributed by atoms with Crippen molar-refractivity contribution in [2.24, 2.45) is 0 Å². The van der Waals surface area contributed by atoms with E-state index in [1.54, 1.807) is 21.1 Å². The Kier molecular flexibility index (Phi) is 3.91. The summed E-state index contributed by atoms with van der Waals surface area (Å²) in [5, 5.41) is 12.0. The van der Waals surface area contributed by atoms with E-state index in [1.807, 2.05) is 0 Å². The molecule has 1 heterocycles. The van der Waals surface area contributed by atoms with E-state index in [0.29, 0.717) is 11.6 Å². The molecule has 0 unspecified atom stereocenters. The number of carbonyl (C=O) groups is 2. The van der Waals surface area contributed by atoms with Crippen LogP contribution in [-0.4, -0.2) is 49.8 Å². The first-order chi connectivity index (χ1) is 8.10. The van der Waals surface area contributed by atoms with E-state index in [-0.39, 0.29) is 5.56 Å². The Hall–Kier alpha value is -2.25. The van der Waals surface area contributed by atoms with Crippen LogP contribution in [-0.2, 0) is 4.79 Å². The van der Waals surface area contributed by atoms with Gasteiger partial charge in [0.1, 0.15) is 5.56 Å². The Morgan fingerprint density at radius 1 is 1.12 bits per heavy atom. The number of ketones is 1. The van der Waals surface area contributed by atoms with E-state index in [4.69, 9.17) is 0 Å². The van der Waals surface area contributed by atoms with Gasteiger partial charge in [-0.2, -0.15) is 4.79 Å². The molecule has 1 aromatic rings. The summed E-state index contributed by atoms with van der Waals surface area (Å²) in [7, 11) is 6.33. The lowest BCUT2D eigenvalue weighted by atomic mass is 10.2. The summed E-state index contributed by atoms with van der Waals surface area (Å²) in [5.74, 6) is -0.584. The molecule has 0 saturated heterocycles. The molecule has 4 N–H and O–H groups in total. The molecular weight excluding hydrogens is 224 g/mol. The molecule has 0 bridgehead atoms. The maximum atomic E-state index is 11.9. The van der Waals surface area contributed by atoms with E-state index in [1.165, 1.54) is 11.8 Å². The van der Waals surface area contributed by atoms with Gasteiger partial charge < -0.3 is 21.4 Å². The van der Waals surface area contributed by atoms with Crippen molar-refractivity contribution in [2.75, 3.05) is 44.3 Å². The molecule has 0 aliphatic carbocycles. The monoisotopic (exact) mass is 240 g/mol. The number of aromatic nitrogens is 2. The molecule has 1 amide bonds. The predicted molar refractivity (Wildman–Crippen MR) is 65.0 cm³/mol. The number of nitrogens with one attached hydrogen (secondary N) is 4. The largest absolute Gasteiger partial charge is 0.371 e. The van der Waals surface area contributed by atoms with Gasteiger partial charge in [-0.05, 0) is 0 Å². The van der Waals surface area contributed by atoms with Gasteiger partial charge in [0.25, 0.3) is 11.7 Å². The highest BCUT2D eigenvalue weighted by Crippen LogP contribution is 2.23. The molecule has 0 aromatic carbocycles. The van der Waals surface area contributed by atoms with Gasteiger partial charge in [-0.25, -0.2) is 0 Å². The number of nitrogens with zero attached hydrogens (tertiary/aromatic N) is 2. The number of carbonyl (C=O) groups excluding carboxylic acids is 2. The van der Waals surface area contributed by atoms with Crippen LogP contribution in [0.3, 0.4) is 0 Å². The first-order valence-electron chi connectivity index (χ1n) is 5.03. The van der Waals surface area contributed by atoms with E-state index < -0.39 is 11.7 Å². The molecule has 0 spiro atoms. The van der Waals surface area contributed by atoms with E-state index in [9.17, 15) is 9.59 Å². The third kappa shape index (κ3) is 2.14. The Morgan fingerprint density at radius 3 is 2.18 bits per heavy atom. The van der Waals surface area contributed by atoms with Gasteiger partial charge in [0.05, 0.1) is 0 Å². The Labute approximate surface area is 98.7 Å². The van der Waals surface area contributed by atoms with Gasteiger partial charge in [0.15, 0.2) is 11.6 Å². The van der Waals surface area contributed by atoms with Crippen molar-refractivity contribution in [3.63, 3.8) is 0 Å². The predicted octanol–water partition coefficient (Wildman–Crippen LogP) is -0.932. The summed E-state index contributed by atoms with van der Waals surface area (Å²) < 4.78 is 0. The van der Waals surface area contributed by atoms with Crippen LogP contribution >= 0.6 is 0 Å². The quantitative estimate of drug-likeness (QED) is 0.392. The summed E-state index contributed by atoms with van der Waals surface area (Å²) >= 11 is 0. The first-order valence-corrected chi connectivity index (χ1v) is 5.03. The normalized spacial score (nSPS) is 9.65. The average Bonchev–Trinajstić information content (AvgIpc) is 2.74. The number of hydrogen-bond donors (Lipinski definition) is 4. The molecule has 0 atom stereocenters. The highest BCUT2D eigenvalue weighted by molar-refractivity contribution is 6.44. The maximum absolute atomic E-state index is 11.9. The zero-order chi connectivity index (χ0) is 13.0. The van der Waals surface area contributed by atoms with Gasteiger partial charge in [-0.1, -0.05) is 0 Å². The lowest BCUT2D eigenvalue weighted by molar-refractivity contribution is -0.116. The van der Waals surface area contributed by atoms with Crippen LogP contribution in [0.2, 0.25) is 0 Å². The fourth-order valence-electron chi connectivity index (χ4n) is 1.43. The van der Waals surface area contributed by atoms with Gasteiger partial charge >= 0.3 is 0 Å². The summed E-state index contributed by atoms with van der Waals surface area (Å²) in [5.41, 5.74) is 2.97.